The summed E-state index contributed by atoms with van der Waals surface area (Å²) >= 11 is 0. The smallest absolute Gasteiger partial charge is 0.157 e. The lowest BCUT2D eigenvalue weighted by Crippen LogP contribution is -2.20. The van der Waals surface area contributed by atoms with E-state index in [1.54, 1.807) is 0 Å². The highest BCUT2D eigenvalue weighted by atomic mass is 15.5. The van der Waals surface area contributed by atoms with Crippen molar-refractivity contribution in [2.75, 3.05) is 0 Å². The monoisotopic (exact) mass is 322 g/mol. The summed E-state index contributed by atoms with van der Waals surface area (Å²) in [6.45, 7) is 7.01. The van der Waals surface area contributed by atoms with Crippen molar-refractivity contribution in [2.24, 2.45) is 0 Å². The fraction of sp³-hybridized carbons (Fsp3) is 0.444. The van der Waals surface area contributed by atoms with Crippen LogP contribution in [-0.4, -0.2) is 30.0 Å². The molecule has 0 saturated carbocycles. The summed E-state index contributed by atoms with van der Waals surface area (Å²) in [5.74, 6) is 0.892. The number of nitrogens with zero attached hydrogens (tertiary/aromatic N) is 6. The van der Waals surface area contributed by atoms with Gasteiger partial charge in [-0.1, -0.05) is 39.0 Å². The molecule has 0 unspecified atom stereocenters. The molecule has 1 aromatic carbocycles. The van der Waals surface area contributed by atoms with Gasteiger partial charge in [0.05, 0.1) is 17.9 Å². The van der Waals surface area contributed by atoms with E-state index in [0.29, 0.717) is 6.54 Å². The van der Waals surface area contributed by atoms with Gasteiger partial charge >= 0.3 is 0 Å². The first-order valence-electron chi connectivity index (χ1n) is 8.46. The van der Waals surface area contributed by atoms with Crippen LogP contribution in [0.4, 0.5) is 0 Å². The standard InChI is InChI=1S/C18H22N6/c1-18(2,3)17-19-21-22-23(17)12-15-14-10-7-11-16(14)24(20-15)13-8-5-4-6-9-13/h4-6,8-9H,7,10-12H2,1-3H3. The topological polar surface area (TPSA) is 61.4 Å². The maximum absolute atomic E-state index is 4.90. The molecule has 0 fully saturated rings. The molecule has 24 heavy (non-hydrogen) atoms. The molecule has 1 aliphatic rings. The summed E-state index contributed by atoms with van der Waals surface area (Å²) < 4.78 is 3.98. The Hall–Kier alpha value is -2.50. The number of fused-ring (bicyclic) bond motifs is 1. The van der Waals surface area contributed by atoms with E-state index in [1.807, 2.05) is 10.7 Å². The quantitative estimate of drug-likeness (QED) is 0.744. The van der Waals surface area contributed by atoms with Crippen molar-refractivity contribution in [1.82, 2.24) is 30.0 Å². The Bertz CT molecular complexity index is 854. The number of benzene rings is 1. The van der Waals surface area contributed by atoms with E-state index < -0.39 is 0 Å². The second kappa shape index (κ2) is 5.54. The third kappa shape index (κ3) is 2.52. The van der Waals surface area contributed by atoms with Crippen molar-refractivity contribution in [3.05, 3.63) is 53.1 Å². The van der Waals surface area contributed by atoms with Gasteiger partial charge < -0.3 is 0 Å². The minimum Gasteiger partial charge on any atom is -0.237 e. The fourth-order valence-corrected chi connectivity index (χ4v) is 3.41. The fourth-order valence-electron chi connectivity index (χ4n) is 3.41. The Labute approximate surface area is 141 Å². The second-order valence-corrected chi connectivity index (χ2v) is 7.38. The molecule has 3 aromatic rings. The van der Waals surface area contributed by atoms with E-state index in [-0.39, 0.29) is 5.41 Å². The van der Waals surface area contributed by atoms with Crippen molar-refractivity contribution < 1.29 is 0 Å². The molecule has 6 heteroatoms. The molecule has 0 aliphatic heterocycles. The summed E-state index contributed by atoms with van der Waals surface area (Å²) in [5, 5.41) is 17.2. The highest BCUT2D eigenvalue weighted by Crippen LogP contribution is 2.29. The van der Waals surface area contributed by atoms with Crippen molar-refractivity contribution >= 4 is 0 Å². The zero-order valence-electron chi connectivity index (χ0n) is 14.4. The van der Waals surface area contributed by atoms with Crippen LogP contribution < -0.4 is 0 Å². The number of rotatable bonds is 3. The molecule has 0 bridgehead atoms. The number of hydrogen-bond donors (Lipinski definition) is 0. The lowest BCUT2D eigenvalue weighted by atomic mass is 9.96. The lowest BCUT2D eigenvalue weighted by molar-refractivity contribution is 0.486. The highest BCUT2D eigenvalue weighted by molar-refractivity contribution is 5.40. The molecule has 0 spiro atoms. The van der Waals surface area contributed by atoms with E-state index in [2.05, 4.69) is 65.2 Å². The molecule has 4 rings (SSSR count). The van der Waals surface area contributed by atoms with Gasteiger partial charge in [0.1, 0.15) is 0 Å². The van der Waals surface area contributed by atoms with Crippen LogP contribution in [0.15, 0.2) is 30.3 Å². The van der Waals surface area contributed by atoms with Crippen LogP contribution in [0.25, 0.3) is 5.69 Å². The van der Waals surface area contributed by atoms with Gasteiger partial charge in [0.15, 0.2) is 5.82 Å². The van der Waals surface area contributed by atoms with Crippen LogP contribution in [0, 0.1) is 0 Å². The van der Waals surface area contributed by atoms with Crippen LogP contribution in [0.1, 0.15) is 50.0 Å². The van der Waals surface area contributed by atoms with E-state index in [9.17, 15) is 0 Å². The number of aromatic nitrogens is 6. The van der Waals surface area contributed by atoms with Crippen molar-refractivity contribution in [1.29, 1.82) is 0 Å². The van der Waals surface area contributed by atoms with Gasteiger partial charge in [-0.3, -0.25) is 0 Å². The molecule has 0 radical (unpaired) electrons. The van der Waals surface area contributed by atoms with Gasteiger partial charge in [0.2, 0.25) is 0 Å². The normalized spacial score (nSPS) is 14.1. The Kier molecular flexibility index (Phi) is 3.48. The highest BCUT2D eigenvalue weighted by Gasteiger charge is 2.26. The summed E-state index contributed by atoms with van der Waals surface area (Å²) in [5.41, 5.74) is 4.82. The average molecular weight is 322 g/mol. The zero-order valence-corrected chi connectivity index (χ0v) is 14.4. The summed E-state index contributed by atoms with van der Waals surface area (Å²) in [6, 6.07) is 10.3. The summed E-state index contributed by atoms with van der Waals surface area (Å²) in [4.78, 5) is 0. The molecule has 0 atom stereocenters. The zero-order chi connectivity index (χ0) is 16.7. The number of hydrogen-bond acceptors (Lipinski definition) is 4. The largest absolute Gasteiger partial charge is 0.237 e. The van der Waals surface area contributed by atoms with Gasteiger partial charge in [0, 0.05) is 11.1 Å². The SMILES string of the molecule is CC(C)(C)c1nnnn1Cc1nn(-c2ccccc2)c2c1CCC2. The Balaban J connectivity index is 1.74. The minimum atomic E-state index is -0.0886. The van der Waals surface area contributed by atoms with Crippen LogP contribution in [0.2, 0.25) is 0 Å². The predicted octanol–water partition coefficient (Wildman–Crippen LogP) is 2.69. The van der Waals surface area contributed by atoms with Crippen LogP contribution in [0.3, 0.4) is 0 Å². The first-order chi connectivity index (χ1) is 11.5. The first kappa shape index (κ1) is 15.1. The third-order valence-electron chi connectivity index (χ3n) is 4.52. The third-order valence-corrected chi connectivity index (χ3v) is 4.52. The Morgan fingerprint density at radius 3 is 2.62 bits per heavy atom. The molecule has 0 N–H and O–H groups in total. The number of tetrazole rings is 1. The van der Waals surface area contributed by atoms with Gasteiger partial charge in [-0.25, -0.2) is 9.36 Å². The maximum atomic E-state index is 4.90. The first-order valence-corrected chi connectivity index (χ1v) is 8.46. The lowest BCUT2D eigenvalue weighted by Gasteiger charge is -2.16. The summed E-state index contributed by atoms with van der Waals surface area (Å²) in [6.07, 6.45) is 3.36. The molecule has 2 aromatic heterocycles. The van der Waals surface area contributed by atoms with Gasteiger partial charge in [0.25, 0.3) is 0 Å². The van der Waals surface area contributed by atoms with Crippen LogP contribution in [-0.2, 0) is 24.8 Å². The van der Waals surface area contributed by atoms with Gasteiger partial charge in [-0.05, 0) is 47.4 Å². The predicted molar refractivity (Wildman–Crippen MR) is 91.2 cm³/mol. The summed E-state index contributed by atoms with van der Waals surface area (Å²) in [7, 11) is 0. The number of para-hydroxylation sites is 1. The van der Waals surface area contributed by atoms with Gasteiger partial charge in [-0.15, -0.1) is 5.10 Å². The van der Waals surface area contributed by atoms with Crippen molar-refractivity contribution in [3.8, 4) is 5.69 Å². The van der Waals surface area contributed by atoms with E-state index in [1.165, 1.54) is 17.7 Å². The second-order valence-electron chi connectivity index (χ2n) is 7.38. The maximum Gasteiger partial charge on any atom is 0.157 e. The van der Waals surface area contributed by atoms with Crippen LogP contribution in [0.5, 0.6) is 0 Å². The van der Waals surface area contributed by atoms with E-state index in [4.69, 9.17) is 5.10 Å². The van der Waals surface area contributed by atoms with E-state index in [0.717, 1.165) is 30.0 Å². The molecule has 0 amide bonds. The molecule has 6 nitrogen and oxygen atoms in total. The molecular formula is C18H22N6. The van der Waals surface area contributed by atoms with Crippen molar-refractivity contribution in [3.63, 3.8) is 0 Å². The molecule has 2 heterocycles. The Morgan fingerprint density at radius 2 is 1.88 bits per heavy atom. The molecular weight excluding hydrogens is 300 g/mol. The average Bonchev–Trinajstić information content (AvgIpc) is 3.25. The van der Waals surface area contributed by atoms with E-state index >= 15 is 0 Å². The van der Waals surface area contributed by atoms with Crippen molar-refractivity contribution in [2.45, 2.75) is 52.0 Å². The minimum absolute atomic E-state index is 0.0886. The molecule has 0 saturated heterocycles. The Morgan fingerprint density at radius 1 is 1.08 bits per heavy atom. The van der Waals surface area contributed by atoms with Crippen LogP contribution >= 0.6 is 0 Å². The van der Waals surface area contributed by atoms with Gasteiger partial charge in [-0.2, -0.15) is 5.10 Å². The molecule has 1 aliphatic carbocycles. The molecule has 124 valence electrons.